The van der Waals surface area contributed by atoms with Crippen molar-refractivity contribution in [3.63, 3.8) is 0 Å². The molecule has 0 fully saturated rings. The number of aliphatic carboxylic acids is 1. The van der Waals surface area contributed by atoms with E-state index in [1.165, 1.54) is 30.9 Å². The van der Waals surface area contributed by atoms with E-state index in [2.05, 4.69) is 4.98 Å². The summed E-state index contributed by atoms with van der Waals surface area (Å²) >= 11 is 0. The number of carbonyl (C=O) groups excluding carboxylic acids is 1. The number of likely N-dealkylation sites (N-methyl/N-ethyl adjacent to an activating group) is 1. The van der Waals surface area contributed by atoms with Crippen LogP contribution in [0.5, 0.6) is 0 Å². The van der Waals surface area contributed by atoms with Gasteiger partial charge in [-0.1, -0.05) is 0 Å². The molecule has 1 rings (SSSR count). The maximum atomic E-state index is 12.4. The number of nitrogens with zero attached hydrogens (tertiary/aromatic N) is 3. The highest BCUT2D eigenvalue weighted by Crippen LogP contribution is 2.18. The summed E-state index contributed by atoms with van der Waals surface area (Å²) in [5, 5.41) is 18.1. The first-order valence-electron chi connectivity index (χ1n) is 6.18. The van der Waals surface area contributed by atoms with Crippen molar-refractivity contribution in [1.82, 2.24) is 9.88 Å². The third kappa shape index (κ3) is 2.77. The van der Waals surface area contributed by atoms with E-state index >= 15 is 0 Å². The Labute approximate surface area is 117 Å². The maximum absolute atomic E-state index is 12.4. The SMILES string of the molecule is CCN(C(=O)c1ccc(C#N)c(C)n1)C(C)(C)C(=O)O. The molecule has 0 saturated heterocycles. The van der Waals surface area contributed by atoms with Crippen molar-refractivity contribution in [1.29, 1.82) is 5.26 Å². The number of carbonyl (C=O) groups is 2. The van der Waals surface area contributed by atoms with Crippen LogP contribution in [0.4, 0.5) is 0 Å². The standard InChI is InChI=1S/C14H17N3O3/c1-5-17(14(3,4)13(19)20)12(18)11-7-6-10(8-15)9(2)16-11/h6-7H,5H2,1-4H3,(H,19,20). The molecule has 0 unspecified atom stereocenters. The first kappa shape index (κ1) is 15.6. The van der Waals surface area contributed by atoms with Gasteiger partial charge in [0, 0.05) is 6.54 Å². The normalized spacial score (nSPS) is 10.8. The van der Waals surface area contributed by atoms with Crippen molar-refractivity contribution >= 4 is 11.9 Å². The fraction of sp³-hybridized carbons (Fsp3) is 0.429. The minimum absolute atomic E-state index is 0.137. The van der Waals surface area contributed by atoms with Gasteiger partial charge in [0.15, 0.2) is 0 Å². The first-order chi connectivity index (χ1) is 9.25. The van der Waals surface area contributed by atoms with E-state index in [1.54, 1.807) is 13.8 Å². The van der Waals surface area contributed by atoms with Crippen LogP contribution in [0.15, 0.2) is 12.1 Å². The summed E-state index contributed by atoms with van der Waals surface area (Å²) < 4.78 is 0. The molecule has 0 aromatic carbocycles. The largest absolute Gasteiger partial charge is 0.480 e. The Morgan fingerprint density at radius 1 is 1.45 bits per heavy atom. The van der Waals surface area contributed by atoms with Crippen LogP contribution < -0.4 is 0 Å². The van der Waals surface area contributed by atoms with Gasteiger partial charge in [-0.15, -0.1) is 0 Å². The Balaban J connectivity index is 3.19. The lowest BCUT2D eigenvalue weighted by Crippen LogP contribution is -2.53. The van der Waals surface area contributed by atoms with E-state index in [0.717, 1.165) is 0 Å². The van der Waals surface area contributed by atoms with Gasteiger partial charge in [-0.3, -0.25) is 4.79 Å². The van der Waals surface area contributed by atoms with E-state index < -0.39 is 17.4 Å². The van der Waals surface area contributed by atoms with Crippen LogP contribution in [0.2, 0.25) is 0 Å². The zero-order valence-electron chi connectivity index (χ0n) is 12.0. The quantitative estimate of drug-likeness (QED) is 0.900. The zero-order chi connectivity index (χ0) is 15.5. The Morgan fingerprint density at radius 3 is 2.45 bits per heavy atom. The summed E-state index contributed by atoms with van der Waals surface area (Å²) in [6.45, 7) is 6.52. The number of rotatable bonds is 4. The predicted molar refractivity (Wildman–Crippen MR) is 72.1 cm³/mol. The Hall–Kier alpha value is -2.42. The van der Waals surface area contributed by atoms with Crippen molar-refractivity contribution < 1.29 is 14.7 Å². The lowest BCUT2D eigenvalue weighted by molar-refractivity contribution is -0.147. The molecular formula is C14H17N3O3. The average molecular weight is 275 g/mol. The smallest absolute Gasteiger partial charge is 0.329 e. The van der Waals surface area contributed by atoms with E-state index in [4.69, 9.17) is 5.26 Å². The van der Waals surface area contributed by atoms with Gasteiger partial charge in [0.1, 0.15) is 17.3 Å². The molecule has 0 saturated carbocycles. The van der Waals surface area contributed by atoms with Crippen molar-refractivity contribution in [2.75, 3.05) is 6.54 Å². The summed E-state index contributed by atoms with van der Waals surface area (Å²) in [5.41, 5.74) is -0.350. The molecule has 106 valence electrons. The van der Waals surface area contributed by atoms with Crippen LogP contribution in [-0.2, 0) is 4.79 Å². The van der Waals surface area contributed by atoms with Crippen LogP contribution >= 0.6 is 0 Å². The number of aryl methyl sites for hydroxylation is 1. The molecule has 0 aliphatic carbocycles. The van der Waals surface area contributed by atoms with Gasteiger partial charge >= 0.3 is 5.97 Å². The maximum Gasteiger partial charge on any atom is 0.329 e. The molecule has 1 N–H and O–H groups in total. The molecular weight excluding hydrogens is 258 g/mol. The van der Waals surface area contributed by atoms with Gasteiger partial charge in [0.05, 0.1) is 11.3 Å². The van der Waals surface area contributed by atoms with Crippen LogP contribution in [-0.4, -0.2) is 39.0 Å². The number of aromatic nitrogens is 1. The monoisotopic (exact) mass is 275 g/mol. The Bertz CT molecular complexity index is 588. The minimum Gasteiger partial charge on any atom is -0.480 e. The number of hydrogen-bond donors (Lipinski definition) is 1. The summed E-state index contributed by atoms with van der Waals surface area (Å²) in [5.74, 6) is -1.55. The summed E-state index contributed by atoms with van der Waals surface area (Å²) in [6.07, 6.45) is 0. The van der Waals surface area contributed by atoms with Gasteiger partial charge in [-0.25, -0.2) is 9.78 Å². The second-order valence-corrected chi connectivity index (χ2v) is 4.85. The van der Waals surface area contributed by atoms with Crippen molar-refractivity contribution in [3.05, 3.63) is 29.1 Å². The van der Waals surface area contributed by atoms with Gasteiger partial charge in [-0.2, -0.15) is 5.26 Å². The topological polar surface area (TPSA) is 94.3 Å². The highest BCUT2D eigenvalue weighted by atomic mass is 16.4. The summed E-state index contributed by atoms with van der Waals surface area (Å²) in [6, 6.07) is 4.92. The predicted octanol–water partition coefficient (Wildman–Crippen LogP) is 1.59. The third-order valence-electron chi connectivity index (χ3n) is 3.18. The van der Waals surface area contributed by atoms with Crippen LogP contribution in [0.3, 0.4) is 0 Å². The molecule has 0 radical (unpaired) electrons. The number of pyridine rings is 1. The lowest BCUT2D eigenvalue weighted by atomic mass is 10.0. The van der Waals surface area contributed by atoms with Crippen molar-refractivity contribution in [3.8, 4) is 6.07 Å². The molecule has 0 aliphatic rings. The average Bonchev–Trinajstić information content (AvgIpc) is 2.38. The Kier molecular flexibility index (Phi) is 4.45. The molecule has 6 nitrogen and oxygen atoms in total. The van der Waals surface area contributed by atoms with Gasteiger partial charge in [-0.05, 0) is 39.8 Å². The molecule has 0 spiro atoms. The fourth-order valence-electron chi connectivity index (χ4n) is 1.84. The zero-order valence-corrected chi connectivity index (χ0v) is 12.0. The first-order valence-corrected chi connectivity index (χ1v) is 6.18. The van der Waals surface area contributed by atoms with E-state index in [9.17, 15) is 14.7 Å². The molecule has 0 bridgehead atoms. The number of amides is 1. The summed E-state index contributed by atoms with van der Waals surface area (Å²) in [4.78, 5) is 29.0. The number of hydrogen-bond acceptors (Lipinski definition) is 4. The molecule has 1 aromatic rings. The minimum atomic E-state index is -1.32. The number of nitriles is 1. The molecule has 1 amide bonds. The van der Waals surface area contributed by atoms with Crippen LogP contribution in [0.25, 0.3) is 0 Å². The van der Waals surface area contributed by atoms with E-state index in [-0.39, 0.29) is 12.2 Å². The van der Waals surface area contributed by atoms with E-state index in [1.807, 2.05) is 6.07 Å². The van der Waals surface area contributed by atoms with Crippen molar-refractivity contribution in [2.45, 2.75) is 33.2 Å². The van der Waals surface area contributed by atoms with Gasteiger partial charge in [0.2, 0.25) is 0 Å². The van der Waals surface area contributed by atoms with Crippen molar-refractivity contribution in [2.24, 2.45) is 0 Å². The lowest BCUT2D eigenvalue weighted by Gasteiger charge is -2.34. The second-order valence-electron chi connectivity index (χ2n) is 4.85. The fourth-order valence-corrected chi connectivity index (χ4v) is 1.84. The molecule has 6 heteroatoms. The highest BCUT2D eigenvalue weighted by molar-refractivity contribution is 5.96. The van der Waals surface area contributed by atoms with Gasteiger partial charge in [0.25, 0.3) is 5.91 Å². The highest BCUT2D eigenvalue weighted by Gasteiger charge is 2.37. The number of carboxylic acid groups (broad SMARTS) is 1. The second kappa shape index (κ2) is 5.70. The molecule has 20 heavy (non-hydrogen) atoms. The van der Waals surface area contributed by atoms with Crippen LogP contribution in [0, 0.1) is 18.3 Å². The molecule has 0 aliphatic heterocycles. The summed E-state index contributed by atoms with van der Waals surface area (Å²) in [7, 11) is 0. The Morgan fingerprint density at radius 2 is 2.05 bits per heavy atom. The number of carboxylic acids is 1. The van der Waals surface area contributed by atoms with E-state index in [0.29, 0.717) is 11.3 Å². The molecule has 1 heterocycles. The van der Waals surface area contributed by atoms with Gasteiger partial charge < -0.3 is 10.0 Å². The third-order valence-corrected chi connectivity index (χ3v) is 3.18. The molecule has 1 aromatic heterocycles. The molecule has 0 atom stereocenters. The van der Waals surface area contributed by atoms with Crippen LogP contribution in [0.1, 0.15) is 42.5 Å².